The molecule has 0 saturated carbocycles. The molecule has 2 heterocycles. The summed E-state index contributed by atoms with van der Waals surface area (Å²) in [5.74, 6) is 1.11. The first-order chi connectivity index (χ1) is 9.79. The first-order valence-corrected chi connectivity index (χ1v) is 7.60. The highest BCUT2D eigenvalue weighted by Gasteiger charge is 2.32. The molecule has 116 valence electrons. The second-order valence-corrected chi connectivity index (χ2v) is 6.93. The number of aryl methyl sites for hydroxylation is 1. The summed E-state index contributed by atoms with van der Waals surface area (Å²) in [4.78, 5) is 25.4. The molecule has 2 rings (SSSR count). The van der Waals surface area contributed by atoms with Crippen molar-refractivity contribution in [1.29, 1.82) is 0 Å². The van der Waals surface area contributed by atoms with E-state index in [9.17, 15) is 4.79 Å². The van der Waals surface area contributed by atoms with Crippen LogP contribution in [0.3, 0.4) is 0 Å². The van der Waals surface area contributed by atoms with Crippen LogP contribution in [0, 0.1) is 12.3 Å². The van der Waals surface area contributed by atoms with E-state index in [0.29, 0.717) is 0 Å². The maximum Gasteiger partial charge on any atom is 0.227 e. The fraction of sp³-hybridized carbons (Fsp3) is 0.688. The standard InChI is InChI=1S/C16H26N4O/c1-12-9-17-10-14(18-12)20-8-6-7-13(11-20)19(5)15(21)16(2,3)4/h9-10,13H,6-8,11H2,1-5H3. The number of amides is 1. The maximum absolute atomic E-state index is 12.4. The molecule has 1 aromatic heterocycles. The van der Waals surface area contributed by atoms with Crippen LogP contribution in [-0.2, 0) is 4.79 Å². The zero-order chi connectivity index (χ0) is 15.6. The third-order valence-corrected chi connectivity index (χ3v) is 3.97. The molecule has 0 radical (unpaired) electrons. The molecule has 1 amide bonds. The number of hydrogen-bond donors (Lipinski definition) is 0. The second kappa shape index (κ2) is 6.00. The van der Waals surface area contributed by atoms with E-state index < -0.39 is 0 Å². The van der Waals surface area contributed by atoms with E-state index in [4.69, 9.17) is 0 Å². The summed E-state index contributed by atoms with van der Waals surface area (Å²) >= 11 is 0. The highest BCUT2D eigenvalue weighted by Crippen LogP contribution is 2.24. The fourth-order valence-corrected chi connectivity index (χ4v) is 2.78. The number of carbonyl (C=O) groups excluding carboxylic acids is 1. The smallest absolute Gasteiger partial charge is 0.227 e. The van der Waals surface area contributed by atoms with Gasteiger partial charge in [0.2, 0.25) is 5.91 Å². The fourth-order valence-electron chi connectivity index (χ4n) is 2.78. The Balaban J connectivity index is 2.09. The van der Waals surface area contributed by atoms with E-state index in [1.54, 1.807) is 12.4 Å². The Kier molecular flexibility index (Phi) is 4.49. The highest BCUT2D eigenvalue weighted by molar-refractivity contribution is 5.81. The Morgan fingerprint density at radius 3 is 2.71 bits per heavy atom. The van der Waals surface area contributed by atoms with Gasteiger partial charge in [0.1, 0.15) is 5.82 Å². The molecule has 1 atom stereocenters. The van der Waals surface area contributed by atoms with Crippen molar-refractivity contribution in [3.8, 4) is 0 Å². The summed E-state index contributed by atoms with van der Waals surface area (Å²) in [7, 11) is 1.92. The quantitative estimate of drug-likeness (QED) is 0.838. The normalized spacial score (nSPS) is 19.5. The minimum atomic E-state index is -0.333. The van der Waals surface area contributed by atoms with Crippen LogP contribution in [0.4, 0.5) is 5.82 Å². The lowest BCUT2D eigenvalue weighted by atomic mass is 9.93. The van der Waals surface area contributed by atoms with Crippen molar-refractivity contribution in [1.82, 2.24) is 14.9 Å². The Morgan fingerprint density at radius 1 is 1.38 bits per heavy atom. The van der Waals surface area contributed by atoms with Crippen molar-refractivity contribution >= 4 is 11.7 Å². The van der Waals surface area contributed by atoms with E-state index in [1.807, 2.05) is 39.6 Å². The lowest BCUT2D eigenvalue weighted by Gasteiger charge is -2.40. The third kappa shape index (κ3) is 3.71. The van der Waals surface area contributed by atoms with Gasteiger partial charge < -0.3 is 9.80 Å². The van der Waals surface area contributed by atoms with Crippen LogP contribution in [0.15, 0.2) is 12.4 Å². The molecule has 0 aliphatic carbocycles. The number of likely N-dealkylation sites (N-methyl/N-ethyl adjacent to an activating group) is 1. The largest absolute Gasteiger partial charge is 0.353 e. The van der Waals surface area contributed by atoms with E-state index in [2.05, 4.69) is 14.9 Å². The molecule has 5 nitrogen and oxygen atoms in total. The van der Waals surface area contributed by atoms with Crippen molar-refractivity contribution in [3.05, 3.63) is 18.1 Å². The van der Waals surface area contributed by atoms with Gasteiger partial charge in [0, 0.05) is 37.8 Å². The number of piperidine rings is 1. The van der Waals surface area contributed by atoms with Gasteiger partial charge >= 0.3 is 0 Å². The molecule has 1 fully saturated rings. The topological polar surface area (TPSA) is 49.3 Å². The number of hydrogen-bond acceptors (Lipinski definition) is 4. The number of carbonyl (C=O) groups is 1. The number of aromatic nitrogens is 2. The second-order valence-electron chi connectivity index (χ2n) is 6.93. The summed E-state index contributed by atoms with van der Waals surface area (Å²) in [6.45, 7) is 9.67. The van der Waals surface area contributed by atoms with Gasteiger partial charge in [-0.05, 0) is 19.8 Å². The Labute approximate surface area is 127 Å². The number of anilines is 1. The van der Waals surface area contributed by atoms with Gasteiger partial charge in [0.25, 0.3) is 0 Å². The zero-order valence-electron chi connectivity index (χ0n) is 13.8. The van der Waals surface area contributed by atoms with Crippen LogP contribution in [-0.4, -0.2) is 47.0 Å². The molecule has 0 aromatic carbocycles. The minimum Gasteiger partial charge on any atom is -0.353 e. The van der Waals surface area contributed by atoms with E-state index in [-0.39, 0.29) is 17.4 Å². The molecule has 1 aromatic rings. The summed E-state index contributed by atoms with van der Waals surface area (Å²) < 4.78 is 0. The molecule has 0 spiro atoms. The summed E-state index contributed by atoms with van der Waals surface area (Å²) in [5.41, 5.74) is 0.592. The molecule has 1 aliphatic rings. The highest BCUT2D eigenvalue weighted by atomic mass is 16.2. The lowest BCUT2D eigenvalue weighted by Crippen LogP contribution is -2.51. The minimum absolute atomic E-state index is 0.199. The predicted molar refractivity (Wildman–Crippen MR) is 84.2 cm³/mol. The molecular formula is C16H26N4O. The molecule has 1 unspecified atom stereocenters. The van der Waals surface area contributed by atoms with Gasteiger partial charge in [-0.1, -0.05) is 20.8 Å². The van der Waals surface area contributed by atoms with Crippen molar-refractivity contribution < 1.29 is 4.79 Å². The Bertz CT molecular complexity index is 509. The first-order valence-electron chi connectivity index (χ1n) is 7.60. The first kappa shape index (κ1) is 15.7. The van der Waals surface area contributed by atoms with Gasteiger partial charge in [-0.15, -0.1) is 0 Å². The van der Waals surface area contributed by atoms with Crippen LogP contribution >= 0.6 is 0 Å². The molecule has 5 heteroatoms. The van der Waals surface area contributed by atoms with Crippen LogP contribution in [0.5, 0.6) is 0 Å². The Morgan fingerprint density at radius 2 is 2.10 bits per heavy atom. The third-order valence-electron chi connectivity index (χ3n) is 3.97. The summed E-state index contributed by atoms with van der Waals surface area (Å²) in [5, 5.41) is 0. The molecule has 21 heavy (non-hydrogen) atoms. The van der Waals surface area contributed by atoms with Gasteiger partial charge in [-0.3, -0.25) is 9.78 Å². The van der Waals surface area contributed by atoms with E-state index in [0.717, 1.165) is 37.4 Å². The molecule has 1 aliphatic heterocycles. The molecule has 0 N–H and O–H groups in total. The van der Waals surface area contributed by atoms with Gasteiger partial charge in [-0.25, -0.2) is 4.98 Å². The number of nitrogens with zero attached hydrogens (tertiary/aromatic N) is 4. The SMILES string of the molecule is Cc1cncc(N2CCCC(N(C)C(=O)C(C)(C)C)C2)n1. The average Bonchev–Trinajstić information content (AvgIpc) is 2.45. The van der Waals surface area contributed by atoms with Crippen LogP contribution in [0.2, 0.25) is 0 Å². The molecule has 1 saturated heterocycles. The van der Waals surface area contributed by atoms with Crippen molar-refractivity contribution in [2.24, 2.45) is 5.41 Å². The van der Waals surface area contributed by atoms with Crippen molar-refractivity contribution in [2.75, 3.05) is 25.0 Å². The van der Waals surface area contributed by atoms with E-state index in [1.165, 1.54) is 0 Å². The van der Waals surface area contributed by atoms with Gasteiger partial charge in [0.05, 0.1) is 11.9 Å². The zero-order valence-corrected chi connectivity index (χ0v) is 13.8. The molecule has 0 bridgehead atoms. The van der Waals surface area contributed by atoms with Crippen molar-refractivity contribution in [2.45, 2.75) is 46.6 Å². The Hall–Kier alpha value is -1.65. The predicted octanol–water partition coefficient (Wildman–Crippen LogP) is 2.26. The van der Waals surface area contributed by atoms with E-state index >= 15 is 0 Å². The van der Waals surface area contributed by atoms with Crippen LogP contribution in [0.1, 0.15) is 39.3 Å². The summed E-state index contributed by atoms with van der Waals surface area (Å²) in [6.07, 6.45) is 5.69. The molecular weight excluding hydrogens is 264 g/mol. The maximum atomic E-state index is 12.4. The van der Waals surface area contributed by atoms with Gasteiger partial charge in [0.15, 0.2) is 0 Å². The average molecular weight is 290 g/mol. The lowest BCUT2D eigenvalue weighted by molar-refractivity contribution is -0.140. The summed E-state index contributed by atoms with van der Waals surface area (Å²) in [6, 6.07) is 0.243. The monoisotopic (exact) mass is 290 g/mol. The van der Waals surface area contributed by atoms with Crippen LogP contribution < -0.4 is 4.90 Å². The van der Waals surface area contributed by atoms with Gasteiger partial charge in [-0.2, -0.15) is 0 Å². The van der Waals surface area contributed by atoms with Crippen molar-refractivity contribution in [3.63, 3.8) is 0 Å². The number of rotatable bonds is 2. The van der Waals surface area contributed by atoms with Crippen LogP contribution in [0.25, 0.3) is 0 Å².